The number of nitrogens with zero attached hydrogens (tertiary/aromatic N) is 2. The van der Waals surface area contributed by atoms with Crippen LogP contribution in [0.25, 0.3) is 22.2 Å². The molecule has 0 aliphatic heterocycles. The Morgan fingerprint density at radius 3 is 2.60 bits per heavy atom. The van der Waals surface area contributed by atoms with E-state index in [1.54, 1.807) is 24.7 Å². The van der Waals surface area contributed by atoms with Gasteiger partial charge in [0, 0.05) is 12.1 Å². The molecule has 0 atom stereocenters. The van der Waals surface area contributed by atoms with Gasteiger partial charge in [-0.2, -0.15) is 8.75 Å². The molecule has 4 aromatic rings. The standard InChI is InChI=1S/C17H13N3O3S2/c21-25(22,16-3-1-2-15-17(16)20-24-19-15)18-10-12-4-6-13(7-5-12)14-8-9-23-11-14/h1-9,11,18H,10H2. The van der Waals surface area contributed by atoms with Crippen molar-refractivity contribution in [2.45, 2.75) is 11.4 Å². The lowest BCUT2D eigenvalue weighted by Gasteiger charge is -2.08. The minimum atomic E-state index is -3.67. The van der Waals surface area contributed by atoms with Crippen molar-refractivity contribution in [3.8, 4) is 11.1 Å². The van der Waals surface area contributed by atoms with Crippen molar-refractivity contribution in [1.82, 2.24) is 13.5 Å². The molecule has 0 aliphatic carbocycles. The van der Waals surface area contributed by atoms with Crippen LogP contribution in [0.2, 0.25) is 0 Å². The van der Waals surface area contributed by atoms with Gasteiger partial charge in [0.05, 0.1) is 24.3 Å². The van der Waals surface area contributed by atoms with Gasteiger partial charge in [0.25, 0.3) is 0 Å². The van der Waals surface area contributed by atoms with Crippen LogP contribution in [0.4, 0.5) is 0 Å². The van der Waals surface area contributed by atoms with E-state index in [1.165, 1.54) is 6.07 Å². The Hall–Kier alpha value is -2.55. The molecule has 0 saturated carbocycles. The lowest BCUT2D eigenvalue weighted by molar-refractivity contribution is 0.568. The SMILES string of the molecule is O=S(=O)(NCc1ccc(-c2ccoc2)cc1)c1cccc2nsnc12. The van der Waals surface area contributed by atoms with Gasteiger partial charge in [0.2, 0.25) is 10.0 Å². The van der Waals surface area contributed by atoms with E-state index in [2.05, 4.69) is 13.5 Å². The molecular formula is C17H13N3O3S2. The van der Waals surface area contributed by atoms with Crippen LogP contribution in [0.5, 0.6) is 0 Å². The number of rotatable bonds is 5. The number of aromatic nitrogens is 2. The summed E-state index contributed by atoms with van der Waals surface area (Å²) in [6, 6.07) is 14.4. The van der Waals surface area contributed by atoms with E-state index in [1.807, 2.05) is 30.3 Å². The summed E-state index contributed by atoms with van der Waals surface area (Å²) < 4.78 is 41.0. The van der Waals surface area contributed by atoms with Crippen molar-refractivity contribution in [2.75, 3.05) is 0 Å². The molecule has 0 amide bonds. The zero-order chi connectivity index (χ0) is 17.3. The maximum Gasteiger partial charge on any atom is 0.243 e. The summed E-state index contributed by atoms with van der Waals surface area (Å²) in [4.78, 5) is 0.147. The molecule has 0 aliphatic rings. The second-order valence-corrected chi connectivity index (χ2v) is 7.69. The fourth-order valence-electron chi connectivity index (χ4n) is 2.50. The normalized spacial score (nSPS) is 11.8. The highest BCUT2D eigenvalue weighted by Gasteiger charge is 2.19. The van der Waals surface area contributed by atoms with Crippen molar-refractivity contribution in [2.24, 2.45) is 0 Å². The van der Waals surface area contributed by atoms with Crippen LogP contribution in [-0.2, 0) is 16.6 Å². The molecule has 1 N–H and O–H groups in total. The van der Waals surface area contributed by atoms with Gasteiger partial charge < -0.3 is 4.42 Å². The minimum Gasteiger partial charge on any atom is -0.472 e. The average molecular weight is 371 g/mol. The van der Waals surface area contributed by atoms with Crippen LogP contribution in [0.1, 0.15) is 5.56 Å². The number of nitrogens with one attached hydrogen (secondary N) is 1. The molecule has 0 bridgehead atoms. The van der Waals surface area contributed by atoms with Gasteiger partial charge in [-0.05, 0) is 29.3 Å². The molecule has 0 saturated heterocycles. The Bertz CT molecular complexity index is 1100. The van der Waals surface area contributed by atoms with Crippen molar-refractivity contribution in [3.05, 3.63) is 66.6 Å². The van der Waals surface area contributed by atoms with Gasteiger partial charge in [-0.25, -0.2) is 13.1 Å². The maximum atomic E-state index is 12.6. The minimum absolute atomic E-state index is 0.147. The van der Waals surface area contributed by atoms with Gasteiger partial charge in [0.15, 0.2) is 0 Å². The highest BCUT2D eigenvalue weighted by Crippen LogP contribution is 2.22. The molecule has 4 rings (SSSR count). The first-order chi connectivity index (χ1) is 12.1. The van der Waals surface area contributed by atoms with Gasteiger partial charge in [-0.3, -0.25) is 0 Å². The number of furan rings is 1. The predicted molar refractivity (Wildman–Crippen MR) is 95.6 cm³/mol. The van der Waals surface area contributed by atoms with Crippen LogP contribution < -0.4 is 4.72 Å². The number of hydrogen-bond donors (Lipinski definition) is 1. The largest absolute Gasteiger partial charge is 0.472 e. The van der Waals surface area contributed by atoms with E-state index in [4.69, 9.17) is 4.42 Å². The summed E-state index contributed by atoms with van der Waals surface area (Å²) in [7, 11) is -3.67. The van der Waals surface area contributed by atoms with Crippen LogP contribution in [-0.4, -0.2) is 17.2 Å². The van der Waals surface area contributed by atoms with Crippen LogP contribution in [0, 0.1) is 0 Å². The lowest BCUT2D eigenvalue weighted by atomic mass is 10.1. The molecule has 25 heavy (non-hydrogen) atoms. The number of hydrogen-bond acceptors (Lipinski definition) is 6. The van der Waals surface area contributed by atoms with Gasteiger partial charge in [-0.1, -0.05) is 30.3 Å². The Morgan fingerprint density at radius 1 is 1.00 bits per heavy atom. The van der Waals surface area contributed by atoms with E-state index < -0.39 is 10.0 Å². The van der Waals surface area contributed by atoms with Crippen molar-refractivity contribution < 1.29 is 12.8 Å². The smallest absolute Gasteiger partial charge is 0.243 e. The van der Waals surface area contributed by atoms with E-state index >= 15 is 0 Å². The molecule has 0 unspecified atom stereocenters. The zero-order valence-electron chi connectivity index (χ0n) is 12.9. The number of fused-ring (bicyclic) bond motifs is 1. The highest BCUT2D eigenvalue weighted by atomic mass is 32.2. The molecule has 0 radical (unpaired) electrons. The van der Waals surface area contributed by atoms with Crippen molar-refractivity contribution >= 4 is 32.8 Å². The molecule has 2 heterocycles. The van der Waals surface area contributed by atoms with Crippen molar-refractivity contribution in [3.63, 3.8) is 0 Å². The zero-order valence-corrected chi connectivity index (χ0v) is 14.5. The van der Waals surface area contributed by atoms with Crippen LogP contribution >= 0.6 is 11.7 Å². The first-order valence-electron chi connectivity index (χ1n) is 7.46. The van der Waals surface area contributed by atoms with E-state index in [-0.39, 0.29) is 11.4 Å². The number of sulfonamides is 1. The Kier molecular flexibility index (Phi) is 4.08. The molecule has 2 aromatic heterocycles. The third-order valence-corrected chi connectivity index (χ3v) is 5.79. The van der Waals surface area contributed by atoms with E-state index in [0.29, 0.717) is 11.0 Å². The third kappa shape index (κ3) is 3.19. The Labute approximate surface area is 148 Å². The molecule has 126 valence electrons. The third-order valence-electron chi connectivity index (χ3n) is 3.81. The second kappa shape index (κ2) is 6.40. The monoisotopic (exact) mass is 371 g/mol. The predicted octanol–water partition coefficient (Wildman–Crippen LogP) is 3.43. The summed E-state index contributed by atoms with van der Waals surface area (Å²) in [5.41, 5.74) is 3.83. The molecular weight excluding hydrogens is 358 g/mol. The second-order valence-electron chi connectivity index (χ2n) is 5.42. The summed E-state index contributed by atoms with van der Waals surface area (Å²) in [5, 5.41) is 0. The molecule has 0 spiro atoms. The van der Waals surface area contributed by atoms with Crippen molar-refractivity contribution in [1.29, 1.82) is 0 Å². The maximum absolute atomic E-state index is 12.6. The quantitative estimate of drug-likeness (QED) is 0.581. The lowest BCUT2D eigenvalue weighted by Crippen LogP contribution is -2.23. The summed E-state index contributed by atoms with van der Waals surface area (Å²) in [6.45, 7) is 0.196. The summed E-state index contributed by atoms with van der Waals surface area (Å²) in [5.74, 6) is 0. The topological polar surface area (TPSA) is 85.1 Å². The van der Waals surface area contributed by atoms with E-state index in [9.17, 15) is 8.42 Å². The highest BCUT2D eigenvalue weighted by molar-refractivity contribution is 7.89. The van der Waals surface area contributed by atoms with E-state index in [0.717, 1.165) is 28.4 Å². The molecule has 8 heteroatoms. The first kappa shape index (κ1) is 15.9. The average Bonchev–Trinajstić information content (AvgIpc) is 3.31. The van der Waals surface area contributed by atoms with Crippen LogP contribution in [0.3, 0.4) is 0 Å². The summed E-state index contributed by atoms with van der Waals surface area (Å²) >= 11 is 0.998. The molecule has 2 aromatic carbocycles. The fraction of sp³-hybridized carbons (Fsp3) is 0.0588. The molecule has 0 fully saturated rings. The first-order valence-corrected chi connectivity index (χ1v) is 9.67. The Balaban J connectivity index is 1.53. The van der Waals surface area contributed by atoms with Gasteiger partial charge in [-0.15, -0.1) is 0 Å². The molecule has 6 nitrogen and oxygen atoms in total. The van der Waals surface area contributed by atoms with Crippen LogP contribution in [0.15, 0.2) is 70.4 Å². The summed E-state index contributed by atoms with van der Waals surface area (Å²) in [6.07, 6.45) is 3.28. The Morgan fingerprint density at radius 2 is 1.84 bits per heavy atom. The number of benzene rings is 2. The van der Waals surface area contributed by atoms with Gasteiger partial charge in [0.1, 0.15) is 15.9 Å². The van der Waals surface area contributed by atoms with Gasteiger partial charge >= 0.3 is 0 Å². The fourth-order valence-corrected chi connectivity index (χ4v) is 4.28.